The Kier molecular flexibility index (Phi) is 5.23. The average molecular weight is 391 g/mol. The molecule has 28 heavy (non-hydrogen) atoms. The van der Waals surface area contributed by atoms with Gasteiger partial charge in [-0.2, -0.15) is 5.26 Å². The van der Waals surface area contributed by atoms with E-state index in [4.69, 9.17) is 5.26 Å². The molecule has 140 valence electrons. The molecule has 2 N–H and O–H groups in total. The molecule has 8 nitrogen and oxygen atoms in total. The zero-order valence-electron chi connectivity index (χ0n) is 14.9. The number of carbonyl (C=O) groups excluding carboxylic acids is 1. The molecule has 0 unspecified atom stereocenters. The molecular weight excluding hydrogens is 374 g/mol. The van der Waals surface area contributed by atoms with Crippen LogP contribution in [0.1, 0.15) is 15.2 Å². The van der Waals surface area contributed by atoms with E-state index in [0.29, 0.717) is 27.8 Å². The summed E-state index contributed by atoms with van der Waals surface area (Å²) < 4.78 is 0. The van der Waals surface area contributed by atoms with Gasteiger partial charge in [-0.05, 0) is 30.3 Å². The van der Waals surface area contributed by atoms with Gasteiger partial charge in [0.05, 0.1) is 11.2 Å². The number of rotatable bonds is 4. The Hall–Kier alpha value is -3.35. The summed E-state index contributed by atoms with van der Waals surface area (Å²) in [5, 5.41) is 15.5. The van der Waals surface area contributed by atoms with Crippen molar-refractivity contribution in [2.75, 3.05) is 31.5 Å². The predicted molar refractivity (Wildman–Crippen MR) is 106 cm³/mol. The van der Waals surface area contributed by atoms with Gasteiger partial charge in [-0.1, -0.05) is 0 Å². The van der Waals surface area contributed by atoms with Crippen molar-refractivity contribution in [3.05, 3.63) is 52.5 Å². The van der Waals surface area contributed by atoms with E-state index in [9.17, 15) is 4.79 Å². The van der Waals surface area contributed by atoms with E-state index < -0.39 is 0 Å². The minimum atomic E-state index is 0.0406. The SMILES string of the molecule is N#Cc1scnc1-c1ccnc(Nc2ccc(C(=O)N3CCNCC3)cc2)n1. The van der Waals surface area contributed by atoms with Crippen molar-refractivity contribution in [3.63, 3.8) is 0 Å². The molecule has 0 spiro atoms. The lowest BCUT2D eigenvalue weighted by Gasteiger charge is -2.27. The zero-order valence-corrected chi connectivity index (χ0v) is 15.7. The van der Waals surface area contributed by atoms with Gasteiger partial charge in [0.2, 0.25) is 5.95 Å². The van der Waals surface area contributed by atoms with Crippen molar-refractivity contribution in [1.29, 1.82) is 5.26 Å². The van der Waals surface area contributed by atoms with Gasteiger partial charge in [-0.15, -0.1) is 11.3 Å². The third-order valence-electron chi connectivity index (χ3n) is 4.36. The predicted octanol–water partition coefficient (Wildman–Crippen LogP) is 2.26. The number of amides is 1. The molecule has 0 aliphatic carbocycles. The molecule has 3 heterocycles. The summed E-state index contributed by atoms with van der Waals surface area (Å²) in [5.74, 6) is 0.439. The van der Waals surface area contributed by atoms with Crippen LogP contribution in [0.5, 0.6) is 0 Å². The van der Waals surface area contributed by atoms with Crippen molar-refractivity contribution in [2.45, 2.75) is 0 Å². The highest BCUT2D eigenvalue weighted by atomic mass is 32.1. The minimum absolute atomic E-state index is 0.0406. The Balaban J connectivity index is 1.48. The molecule has 0 bridgehead atoms. The van der Waals surface area contributed by atoms with E-state index in [1.807, 2.05) is 17.0 Å². The van der Waals surface area contributed by atoms with Gasteiger partial charge in [0.1, 0.15) is 16.6 Å². The highest BCUT2D eigenvalue weighted by Crippen LogP contribution is 2.24. The quantitative estimate of drug-likeness (QED) is 0.702. The van der Waals surface area contributed by atoms with Gasteiger partial charge in [-0.25, -0.2) is 15.0 Å². The molecule has 0 atom stereocenters. The molecule has 9 heteroatoms. The van der Waals surface area contributed by atoms with Crippen molar-refractivity contribution in [1.82, 2.24) is 25.2 Å². The number of nitriles is 1. The van der Waals surface area contributed by atoms with Gasteiger partial charge in [-0.3, -0.25) is 4.79 Å². The summed E-state index contributed by atoms with van der Waals surface area (Å²) in [7, 11) is 0. The lowest BCUT2D eigenvalue weighted by molar-refractivity contribution is 0.0736. The van der Waals surface area contributed by atoms with Crippen LogP contribution in [-0.4, -0.2) is 51.9 Å². The first-order chi connectivity index (χ1) is 13.7. The van der Waals surface area contributed by atoms with Crippen LogP contribution in [0, 0.1) is 11.3 Å². The van der Waals surface area contributed by atoms with Crippen molar-refractivity contribution < 1.29 is 4.79 Å². The van der Waals surface area contributed by atoms with E-state index in [2.05, 4.69) is 31.7 Å². The van der Waals surface area contributed by atoms with E-state index in [1.165, 1.54) is 11.3 Å². The normalized spacial score (nSPS) is 13.8. The number of thiazole rings is 1. The number of aromatic nitrogens is 3. The Morgan fingerprint density at radius 2 is 1.96 bits per heavy atom. The number of carbonyl (C=O) groups is 1. The van der Waals surface area contributed by atoms with E-state index in [0.717, 1.165) is 31.9 Å². The molecule has 2 aromatic heterocycles. The second kappa shape index (κ2) is 8.12. The fourth-order valence-electron chi connectivity index (χ4n) is 2.93. The van der Waals surface area contributed by atoms with Crippen molar-refractivity contribution in [3.8, 4) is 17.5 Å². The zero-order chi connectivity index (χ0) is 19.3. The summed E-state index contributed by atoms with van der Waals surface area (Å²) >= 11 is 1.28. The molecule has 1 amide bonds. The highest BCUT2D eigenvalue weighted by molar-refractivity contribution is 7.10. The largest absolute Gasteiger partial charge is 0.336 e. The third kappa shape index (κ3) is 3.83. The average Bonchev–Trinajstić information content (AvgIpc) is 3.24. The Bertz CT molecular complexity index is 1020. The maximum atomic E-state index is 12.5. The highest BCUT2D eigenvalue weighted by Gasteiger charge is 2.17. The van der Waals surface area contributed by atoms with Crippen LogP contribution in [0.4, 0.5) is 11.6 Å². The van der Waals surface area contributed by atoms with Crippen LogP contribution < -0.4 is 10.6 Å². The Labute approximate surface area is 165 Å². The molecule has 1 aromatic carbocycles. The van der Waals surface area contributed by atoms with Crippen molar-refractivity contribution in [2.24, 2.45) is 0 Å². The van der Waals surface area contributed by atoms with Gasteiger partial charge in [0.15, 0.2) is 0 Å². The van der Waals surface area contributed by atoms with Crippen molar-refractivity contribution >= 4 is 28.9 Å². The summed E-state index contributed by atoms with van der Waals surface area (Å²) in [6.45, 7) is 3.10. The van der Waals surface area contributed by atoms with E-state index >= 15 is 0 Å². The van der Waals surface area contributed by atoms with Crippen LogP contribution in [0.2, 0.25) is 0 Å². The van der Waals surface area contributed by atoms with Crippen LogP contribution >= 0.6 is 11.3 Å². The third-order valence-corrected chi connectivity index (χ3v) is 5.09. The lowest BCUT2D eigenvalue weighted by Crippen LogP contribution is -2.46. The number of anilines is 2. The number of benzene rings is 1. The molecule has 0 radical (unpaired) electrons. The van der Waals surface area contributed by atoms with Crippen LogP contribution in [0.15, 0.2) is 42.0 Å². The van der Waals surface area contributed by atoms with Gasteiger partial charge < -0.3 is 15.5 Å². The molecule has 1 saturated heterocycles. The number of nitrogens with one attached hydrogen (secondary N) is 2. The fourth-order valence-corrected chi connectivity index (χ4v) is 3.52. The first-order valence-electron chi connectivity index (χ1n) is 8.78. The van der Waals surface area contributed by atoms with Crippen LogP contribution in [0.3, 0.4) is 0 Å². The van der Waals surface area contributed by atoms with E-state index in [1.54, 1.807) is 29.9 Å². The molecule has 3 aromatic rings. The maximum Gasteiger partial charge on any atom is 0.253 e. The standard InChI is InChI=1S/C19H17N7OS/c20-11-16-17(23-12-28-16)15-5-6-22-19(25-15)24-14-3-1-13(2-4-14)18(27)26-9-7-21-8-10-26/h1-6,12,21H,7-10H2,(H,22,24,25). The van der Waals surface area contributed by atoms with E-state index in [-0.39, 0.29) is 5.91 Å². The smallest absolute Gasteiger partial charge is 0.253 e. The van der Waals surface area contributed by atoms with Crippen LogP contribution in [-0.2, 0) is 0 Å². The monoisotopic (exact) mass is 391 g/mol. The van der Waals surface area contributed by atoms with Gasteiger partial charge >= 0.3 is 0 Å². The Morgan fingerprint density at radius 3 is 2.71 bits per heavy atom. The number of nitrogens with zero attached hydrogens (tertiary/aromatic N) is 5. The minimum Gasteiger partial charge on any atom is -0.336 e. The summed E-state index contributed by atoms with van der Waals surface area (Å²) in [5.41, 5.74) is 4.18. The Morgan fingerprint density at radius 1 is 1.18 bits per heavy atom. The second-order valence-electron chi connectivity index (χ2n) is 6.15. The number of piperazine rings is 1. The lowest BCUT2D eigenvalue weighted by atomic mass is 10.1. The fraction of sp³-hybridized carbons (Fsp3) is 0.211. The first-order valence-corrected chi connectivity index (χ1v) is 9.66. The number of hydrogen-bond acceptors (Lipinski definition) is 8. The molecule has 1 aliphatic rings. The van der Waals surface area contributed by atoms with Gasteiger partial charge in [0, 0.05) is 43.6 Å². The summed E-state index contributed by atoms with van der Waals surface area (Å²) in [4.78, 5) is 27.8. The number of hydrogen-bond donors (Lipinski definition) is 2. The summed E-state index contributed by atoms with van der Waals surface area (Å²) in [6.07, 6.45) is 1.62. The molecule has 1 aliphatic heterocycles. The van der Waals surface area contributed by atoms with Gasteiger partial charge in [0.25, 0.3) is 5.91 Å². The topological polar surface area (TPSA) is 107 Å². The molecule has 0 saturated carbocycles. The molecular formula is C19H17N7OS. The second-order valence-corrected chi connectivity index (χ2v) is 7.01. The first kappa shape index (κ1) is 18.0. The summed E-state index contributed by atoms with van der Waals surface area (Å²) in [6, 6.07) is 11.1. The van der Waals surface area contributed by atoms with Crippen LogP contribution in [0.25, 0.3) is 11.4 Å². The molecule has 4 rings (SSSR count). The maximum absolute atomic E-state index is 12.5. The molecule has 1 fully saturated rings.